The summed E-state index contributed by atoms with van der Waals surface area (Å²) in [5.41, 5.74) is 6.00. The summed E-state index contributed by atoms with van der Waals surface area (Å²) < 4.78 is 25.1. The molecule has 0 radical (unpaired) electrons. The van der Waals surface area contributed by atoms with Crippen molar-refractivity contribution in [3.8, 4) is 0 Å². The molecule has 20 heavy (non-hydrogen) atoms. The van der Waals surface area contributed by atoms with Gasteiger partial charge in [0.25, 0.3) is 11.7 Å². The molecule has 1 aromatic rings. The van der Waals surface area contributed by atoms with Gasteiger partial charge in [0.15, 0.2) is 0 Å². The molecule has 1 aliphatic heterocycles. The summed E-state index contributed by atoms with van der Waals surface area (Å²) >= 11 is 0.414. The molecule has 0 spiro atoms. The van der Waals surface area contributed by atoms with E-state index in [2.05, 4.69) is 0 Å². The fourth-order valence-electron chi connectivity index (χ4n) is 2.59. The van der Waals surface area contributed by atoms with Crippen LogP contribution in [0.15, 0.2) is 29.2 Å². The lowest BCUT2D eigenvalue weighted by atomic mass is 10.1. The van der Waals surface area contributed by atoms with Gasteiger partial charge in [-0.2, -0.15) is 8.78 Å². The van der Waals surface area contributed by atoms with Crippen LogP contribution in [0.25, 0.3) is 0 Å². The molecule has 3 nitrogen and oxygen atoms in total. The summed E-state index contributed by atoms with van der Waals surface area (Å²) in [7, 11) is 0. The first-order valence-electron chi connectivity index (χ1n) is 6.57. The fourth-order valence-corrected chi connectivity index (χ4v) is 3.22. The standard InChI is InChI=1S/C14H18F2N2OS/c1-9-6-10(7-17)8-18(9)13(19)11-4-2-3-5-12(11)20-14(15)16/h2-5,9-10,14H,6-8,17H2,1H3. The van der Waals surface area contributed by atoms with E-state index >= 15 is 0 Å². The number of halogens is 2. The number of alkyl halides is 2. The second kappa shape index (κ2) is 6.54. The third-order valence-corrected chi connectivity index (χ3v) is 4.38. The normalized spacial score (nSPS) is 22.6. The van der Waals surface area contributed by atoms with Crippen LogP contribution >= 0.6 is 11.8 Å². The SMILES string of the molecule is CC1CC(CN)CN1C(=O)c1ccccc1SC(F)F. The molecular formula is C14H18F2N2OS. The quantitative estimate of drug-likeness (QED) is 0.870. The van der Waals surface area contributed by atoms with E-state index in [9.17, 15) is 13.6 Å². The predicted molar refractivity (Wildman–Crippen MR) is 76.0 cm³/mol. The third-order valence-electron chi connectivity index (χ3n) is 3.59. The average molecular weight is 300 g/mol. The average Bonchev–Trinajstić information content (AvgIpc) is 2.79. The molecule has 1 fully saturated rings. The van der Waals surface area contributed by atoms with Crippen LogP contribution in [-0.4, -0.2) is 35.7 Å². The molecule has 0 aromatic heterocycles. The molecule has 0 bridgehead atoms. The molecule has 1 amide bonds. The first kappa shape index (κ1) is 15.3. The maximum absolute atomic E-state index is 12.6. The number of nitrogens with zero attached hydrogens (tertiary/aromatic N) is 1. The Balaban J connectivity index is 2.21. The molecule has 2 unspecified atom stereocenters. The Labute approximate surface area is 121 Å². The summed E-state index contributed by atoms with van der Waals surface area (Å²) in [5.74, 6) is -2.42. The van der Waals surface area contributed by atoms with E-state index in [1.54, 1.807) is 29.2 Å². The van der Waals surface area contributed by atoms with Crippen LogP contribution in [0, 0.1) is 5.92 Å². The van der Waals surface area contributed by atoms with Crippen molar-refractivity contribution >= 4 is 17.7 Å². The first-order chi connectivity index (χ1) is 9.52. The van der Waals surface area contributed by atoms with Crippen LogP contribution in [-0.2, 0) is 0 Å². The topological polar surface area (TPSA) is 46.3 Å². The maximum atomic E-state index is 12.6. The van der Waals surface area contributed by atoms with Crippen LogP contribution in [0.4, 0.5) is 8.78 Å². The maximum Gasteiger partial charge on any atom is 0.288 e. The second-order valence-corrected chi connectivity index (χ2v) is 6.05. The Morgan fingerprint density at radius 2 is 2.20 bits per heavy atom. The van der Waals surface area contributed by atoms with Gasteiger partial charge in [-0.15, -0.1) is 0 Å². The number of thioether (sulfide) groups is 1. The van der Waals surface area contributed by atoms with Crippen molar-refractivity contribution in [2.75, 3.05) is 13.1 Å². The summed E-state index contributed by atoms with van der Waals surface area (Å²) in [4.78, 5) is 14.6. The van der Waals surface area contributed by atoms with Crippen molar-refractivity contribution in [2.45, 2.75) is 30.0 Å². The van der Waals surface area contributed by atoms with Crippen molar-refractivity contribution in [3.05, 3.63) is 29.8 Å². The second-order valence-electron chi connectivity index (χ2n) is 5.02. The lowest BCUT2D eigenvalue weighted by molar-refractivity contribution is 0.0740. The van der Waals surface area contributed by atoms with Crippen molar-refractivity contribution in [1.29, 1.82) is 0 Å². The van der Waals surface area contributed by atoms with Gasteiger partial charge in [0, 0.05) is 17.5 Å². The Bertz CT molecular complexity index is 484. The Morgan fingerprint density at radius 1 is 1.50 bits per heavy atom. The van der Waals surface area contributed by atoms with Crippen LogP contribution < -0.4 is 5.73 Å². The van der Waals surface area contributed by atoms with E-state index < -0.39 is 5.76 Å². The smallest absolute Gasteiger partial charge is 0.288 e. The summed E-state index contributed by atoms with van der Waals surface area (Å²) in [6.45, 7) is 3.11. The molecule has 2 rings (SSSR count). The summed E-state index contributed by atoms with van der Waals surface area (Å²) in [6.07, 6.45) is 0.867. The van der Waals surface area contributed by atoms with Gasteiger partial charge in [-0.25, -0.2) is 0 Å². The van der Waals surface area contributed by atoms with Crippen LogP contribution in [0.3, 0.4) is 0 Å². The molecule has 6 heteroatoms. The number of hydrogen-bond donors (Lipinski definition) is 1. The molecular weight excluding hydrogens is 282 g/mol. The number of nitrogens with two attached hydrogens (primary N) is 1. The minimum Gasteiger partial charge on any atom is -0.336 e. The number of hydrogen-bond acceptors (Lipinski definition) is 3. The molecule has 1 heterocycles. The molecule has 1 aliphatic rings. The number of carbonyl (C=O) groups is 1. The minimum atomic E-state index is -2.53. The zero-order valence-electron chi connectivity index (χ0n) is 11.3. The van der Waals surface area contributed by atoms with Gasteiger partial charge < -0.3 is 10.6 Å². The lowest BCUT2D eigenvalue weighted by Gasteiger charge is -2.22. The van der Waals surface area contributed by atoms with Crippen molar-refractivity contribution in [2.24, 2.45) is 11.7 Å². The van der Waals surface area contributed by atoms with Crippen LogP contribution in [0.2, 0.25) is 0 Å². The van der Waals surface area contributed by atoms with E-state index in [0.717, 1.165) is 6.42 Å². The Kier molecular flexibility index (Phi) is 4.99. The molecule has 0 saturated carbocycles. The predicted octanol–water partition coefficient (Wildman–Crippen LogP) is 2.81. The zero-order valence-corrected chi connectivity index (χ0v) is 12.1. The molecule has 1 saturated heterocycles. The van der Waals surface area contributed by atoms with Crippen LogP contribution in [0.1, 0.15) is 23.7 Å². The molecule has 2 N–H and O–H groups in total. The van der Waals surface area contributed by atoms with Gasteiger partial charge >= 0.3 is 0 Å². The third kappa shape index (κ3) is 3.30. The van der Waals surface area contributed by atoms with E-state index in [4.69, 9.17) is 5.73 Å². The van der Waals surface area contributed by atoms with E-state index in [1.807, 2.05) is 6.92 Å². The van der Waals surface area contributed by atoms with Gasteiger partial charge in [-0.1, -0.05) is 23.9 Å². The molecule has 0 aliphatic carbocycles. The zero-order chi connectivity index (χ0) is 14.7. The highest BCUT2D eigenvalue weighted by molar-refractivity contribution is 7.99. The van der Waals surface area contributed by atoms with Gasteiger partial charge in [0.05, 0.1) is 5.56 Å². The Hall–Kier alpha value is -1.14. The highest BCUT2D eigenvalue weighted by atomic mass is 32.2. The minimum absolute atomic E-state index is 0.0978. The number of rotatable bonds is 4. The molecule has 110 valence electrons. The van der Waals surface area contributed by atoms with Gasteiger partial charge in [0.1, 0.15) is 0 Å². The van der Waals surface area contributed by atoms with E-state index in [0.29, 0.717) is 41.2 Å². The van der Waals surface area contributed by atoms with Crippen LogP contribution in [0.5, 0.6) is 0 Å². The van der Waals surface area contributed by atoms with Gasteiger partial charge in [0.2, 0.25) is 0 Å². The van der Waals surface area contributed by atoms with E-state index in [1.165, 1.54) is 0 Å². The lowest BCUT2D eigenvalue weighted by Crippen LogP contribution is -2.34. The van der Waals surface area contributed by atoms with Crippen molar-refractivity contribution < 1.29 is 13.6 Å². The number of amides is 1. The molecule has 1 aromatic carbocycles. The van der Waals surface area contributed by atoms with Gasteiger partial charge in [-0.05, 0) is 37.9 Å². The molecule has 2 atom stereocenters. The number of benzene rings is 1. The summed E-state index contributed by atoms with van der Waals surface area (Å²) in [5, 5.41) is 0. The summed E-state index contributed by atoms with van der Waals surface area (Å²) in [6, 6.07) is 6.63. The largest absolute Gasteiger partial charge is 0.336 e. The number of likely N-dealkylation sites (tertiary alicyclic amines) is 1. The Morgan fingerprint density at radius 3 is 2.80 bits per heavy atom. The number of carbonyl (C=O) groups excluding carboxylic acids is 1. The van der Waals surface area contributed by atoms with E-state index in [-0.39, 0.29) is 11.9 Å². The fraction of sp³-hybridized carbons (Fsp3) is 0.500. The van der Waals surface area contributed by atoms with Crippen molar-refractivity contribution in [3.63, 3.8) is 0 Å². The first-order valence-corrected chi connectivity index (χ1v) is 7.45. The van der Waals surface area contributed by atoms with Crippen molar-refractivity contribution in [1.82, 2.24) is 4.90 Å². The highest BCUT2D eigenvalue weighted by Gasteiger charge is 2.33. The monoisotopic (exact) mass is 300 g/mol. The highest BCUT2D eigenvalue weighted by Crippen LogP contribution is 2.31. The van der Waals surface area contributed by atoms with Gasteiger partial charge in [-0.3, -0.25) is 4.79 Å².